The van der Waals surface area contributed by atoms with Gasteiger partial charge in [0.2, 0.25) is 5.75 Å². The van der Waals surface area contributed by atoms with E-state index in [0.717, 1.165) is 6.21 Å². The molecule has 1 aromatic heterocycles. The minimum absolute atomic E-state index is 0.105. The van der Waals surface area contributed by atoms with Gasteiger partial charge in [-0.2, -0.15) is 10.4 Å². The first kappa shape index (κ1) is 21.2. The lowest BCUT2D eigenvalue weighted by atomic mass is 10.1. The van der Waals surface area contributed by atoms with Gasteiger partial charge in [0, 0.05) is 17.2 Å². The maximum absolute atomic E-state index is 12.7. The van der Waals surface area contributed by atoms with Crippen molar-refractivity contribution in [1.29, 1.82) is 5.26 Å². The average molecular weight is 441 g/mol. The lowest BCUT2D eigenvalue weighted by molar-refractivity contribution is -0.385. The summed E-state index contributed by atoms with van der Waals surface area (Å²) in [6.07, 6.45) is 1.14. The molecule has 10 heteroatoms. The molecule has 0 saturated carbocycles. The summed E-state index contributed by atoms with van der Waals surface area (Å²) in [6, 6.07) is 19.4. The van der Waals surface area contributed by atoms with Crippen molar-refractivity contribution in [3.63, 3.8) is 0 Å². The standard InChI is InChI=1S/C23H15N5O5/c24-12-15-6-1-2-7-17(15)14-33-21-16(8-5-11-20(21)28(31)32)13-25-27-22(29)18-9-3-4-10-19(18)26-23(27)30/h1-11,13H,14H2,(H,26,30). The number of nitriles is 1. The largest absolute Gasteiger partial charge is 0.481 e. The van der Waals surface area contributed by atoms with Crippen LogP contribution < -0.4 is 16.0 Å². The monoisotopic (exact) mass is 441 g/mol. The number of nitrogens with zero attached hydrogens (tertiary/aromatic N) is 4. The summed E-state index contributed by atoms with van der Waals surface area (Å²) in [5.41, 5.74) is -0.253. The number of aromatic amines is 1. The van der Waals surface area contributed by atoms with Crippen molar-refractivity contribution in [2.24, 2.45) is 5.10 Å². The summed E-state index contributed by atoms with van der Waals surface area (Å²) in [5, 5.41) is 25.0. The van der Waals surface area contributed by atoms with Gasteiger partial charge in [-0.1, -0.05) is 36.4 Å². The molecule has 0 unspecified atom stereocenters. The molecule has 10 nitrogen and oxygen atoms in total. The summed E-state index contributed by atoms with van der Waals surface area (Å²) in [7, 11) is 0. The smallest absolute Gasteiger partial charge is 0.349 e. The molecular formula is C23H15N5O5. The van der Waals surface area contributed by atoms with Crippen molar-refractivity contribution >= 4 is 22.8 Å². The molecule has 4 aromatic rings. The predicted molar refractivity (Wildman–Crippen MR) is 120 cm³/mol. The highest BCUT2D eigenvalue weighted by molar-refractivity contribution is 5.86. The normalized spacial score (nSPS) is 10.9. The second kappa shape index (κ2) is 8.99. The number of rotatable bonds is 6. The number of hydrogen-bond acceptors (Lipinski definition) is 7. The Balaban J connectivity index is 1.75. The second-order valence-electron chi connectivity index (χ2n) is 6.85. The summed E-state index contributed by atoms with van der Waals surface area (Å²) in [5.74, 6) is -0.107. The fourth-order valence-electron chi connectivity index (χ4n) is 3.23. The van der Waals surface area contributed by atoms with E-state index < -0.39 is 16.2 Å². The Bertz CT molecular complexity index is 1560. The van der Waals surface area contributed by atoms with Crippen molar-refractivity contribution in [3.05, 3.63) is 114 Å². The molecule has 0 aliphatic carbocycles. The molecule has 3 aromatic carbocycles. The van der Waals surface area contributed by atoms with Gasteiger partial charge in [0.1, 0.15) is 6.61 Å². The van der Waals surface area contributed by atoms with Crippen LogP contribution in [-0.2, 0) is 6.61 Å². The van der Waals surface area contributed by atoms with E-state index in [9.17, 15) is 25.0 Å². The van der Waals surface area contributed by atoms with Crippen LogP contribution >= 0.6 is 0 Å². The molecule has 0 radical (unpaired) electrons. The molecule has 0 amide bonds. The Kier molecular flexibility index (Phi) is 5.77. The van der Waals surface area contributed by atoms with E-state index in [1.807, 2.05) is 6.07 Å². The number of fused-ring (bicyclic) bond motifs is 1. The molecule has 1 heterocycles. The van der Waals surface area contributed by atoms with Crippen LogP contribution in [0.15, 0.2) is 81.4 Å². The molecule has 4 rings (SSSR count). The van der Waals surface area contributed by atoms with Crippen LogP contribution in [0.2, 0.25) is 0 Å². The number of aromatic nitrogens is 2. The Morgan fingerprint density at radius 1 is 1.09 bits per heavy atom. The average Bonchev–Trinajstić information content (AvgIpc) is 2.82. The number of benzene rings is 3. The third-order valence-corrected chi connectivity index (χ3v) is 4.83. The van der Waals surface area contributed by atoms with Crippen LogP contribution in [0.4, 0.5) is 5.69 Å². The summed E-state index contributed by atoms with van der Waals surface area (Å²) < 4.78 is 6.35. The minimum Gasteiger partial charge on any atom is -0.481 e. The quantitative estimate of drug-likeness (QED) is 0.277. The highest BCUT2D eigenvalue weighted by Crippen LogP contribution is 2.31. The van der Waals surface area contributed by atoms with Crippen molar-refractivity contribution < 1.29 is 9.66 Å². The van der Waals surface area contributed by atoms with Crippen molar-refractivity contribution in [2.75, 3.05) is 0 Å². The van der Waals surface area contributed by atoms with Crippen molar-refractivity contribution in [3.8, 4) is 11.8 Å². The topological polar surface area (TPSA) is 143 Å². The van der Waals surface area contributed by atoms with Crippen LogP contribution in [0.25, 0.3) is 10.9 Å². The number of nitrogens with one attached hydrogen (secondary N) is 1. The van der Waals surface area contributed by atoms with E-state index in [2.05, 4.69) is 10.1 Å². The van der Waals surface area contributed by atoms with Crippen LogP contribution in [0, 0.1) is 21.4 Å². The second-order valence-corrected chi connectivity index (χ2v) is 6.85. The molecule has 0 aliphatic heterocycles. The molecule has 0 saturated heterocycles. The van der Waals surface area contributed by atoms with E-state index in [1.54, 1.807) is 48.5 Å². The van der Waals surface area contributed by atoms with Gasteiger partial charge in [0.25, 0.3) is 5.56 Å². The lowest BCUT2D eigenvalue weighted by Gasteiger charge is -2.10. The zero-order valence-corrected chi connectivity index (χ0v) is 17.0. The molecule has 0 fully saturated rings. The van der Waals surface area contributed by atoms with Crippen molar-refractivity contribution in [1.82, 2.24) is 9.66 Å². The van der Waals surface area contributed by atoms with E-state index in [0.29, 0.717) is 21.3 Å². The highest BCUT2D eigenvalue weighted by Gasteiger charge is 2.19. The predicted octanol–water partition coefficient (Wildman–Crippen LogP) is 2.93. The first-order chi connectivity index (χ1) is 16.0. The third kappa shape index (κ3) is 4.24. The number of hydrogen-bond donors (Lipinski definition) is 1. The van der Waals surface area contributed by atoms with Crippen LogP contribution in [0.1, 0.15) is 16.7 Å². The van der Waals surface area contributed by atoms with Gasteiger partial charge in [-0.15, -0.1) is 4.68 Å². The fourth-order valence-corrected chi connectivity index (χ4v) is 3.23. The number of H-pyrrole nitrogens is 1. The molecule has 0 aliphatic rings. The molecule has 0 atom stereocenters. The zero-order valence-electron chi connectivity index (χ0n) is 17.0. The summed E-state index contributed by atoms with van der Waals surface area (Å²) in [4.78, 5) is 38.5. The van der Waals surface area contributed by atoms with Crippen LogP contribution in [-0.4, -0.2) is 20.8 Å². The Morgan fingerprint density at radius 3 is 2.64 bits per heavy atom. The third-order valence-electron chi connectivity index (χ3n) is 4.83. The lowest BCUT2D eigenvalue weighted by Crippen LogP contribution is -2.32. The van der Waals surface area contributed by atoms with E-state index >= 15 is 0 Å². The molecule has 1 N–H and O–H groups in total. The van der Waals surface area contributed by atoms with Crippen LogP contribution in [0.3, 0.4) is 0 Å². The van der Waals surface area contributed by atoms with Gasteiger partial charge >= 0.3 is 11.4 Å². The molecule has 0 spiro atoms. The maximum atomic E-state index is 12.7. The molecule has 33 heavy (non-hydrogen) atoms. The van der Waals surface area contributed by atoms with Gasteiger partial charge in [0.05, 0.1) is 33.7 Å². The summed E-state index contributed by atoms with van der Waals surface area (Å²) in [6.45, 7) is -0.105. The number of nitro groups is 1. The first-order valence-electron chi connectivity index (χ1n) is 9.66. The van der Waals surface area contributed by atoms with Crippen LogP contribution in [0.5, 0.6) is 5.75 Å². The van der Waals surface area contributed by atoms with Crippen molar-refractivity contribution in [2.45, 2.75) is 6.61 Å². The SMILES string of the molecule is N#Cc1ccccc1COc1c(C=Nn2c(=O)[nH]c3ccccc3c2=O)cccc1[N+](=O)[O-]. The first-order valence-corrected chi connectivity index (χ1v) is 9.66. The summed E-state index contributed by atoms with van der Waals surface area (Å²) >= 11 is 0. The van der Waals surface area contributed by atoms with Gasteiger partial charge < -0.3 is 9.72 Å². The Hall–Kier alpha value is -5.04. The van der Waals surface area contributed by atoms with E-state index in [-0.39, 0.29) is 29.0 Å². The zero-order chi connectivity index (χ0) is 23.4. The molecule has 162 valence electrons. The minimum atomic E-state index is -0.759. The van der Waals surface area contributed by atoms with Gasteiger partial charge in [-0.25, -0.2) is 4.79 Å². The van der Waals surface area contributed by atoms with Gasteiger partial charge in [-0.3, -0.25) is 14.9 Å². The van der Waals surface area contributed by atoms with Gasteiger partial charge in [0.15, 0.2) is 0 Å². The highest BCUT2D eigenvalue weighted by atomic mass is 16.6. The Labute approximate surface area is 185 Å². The van der Waals surface area contributed by atoms with E-state index in [4.69, 9.17) is 4.74 Å². The van der Waals surface area contributed by atoms with E-state index in [1.165, 1.54) is 18.2 Å². The number of ether oxygens (including phenoxy) is 1. The molecule has 0 bridgehead atoms. The Morgan fingerprint density at radius 2 is 1.85 bits per heavy atom. The fraction of sp³-hybridized carbons (Fsp3) is 0.0435. The van der Waals surface area contributed by atoms with Gasteiger partial charge in [-0.05, 0) is 24.3 Å². The number of para-hydroxylation sites is 2. The molecular weight excluding hydrogens is 426 g/mol. The number of nitro benzene ring substituents is 1. The maximum Gasteiger partial charge on any atom is 0.349 e.